The highest BCUT2D eigenvalue weighted by Gasteiger charge is 2.35. The van der Waals surface area contributed by atoms with Crippen LogP contribution in [-0.2, 0) is 32.6 Å². The molecule has 0 aliphatic heterocycles. The third-order valence-corrected chi connectivity index (χ3v) is 9.19. The van der Waals surface area contributed by atoms with Crippen molar-refractivity contribution in [1.29, 1.82) is 0 Å². The van der Waals surface area contributed by atoms with Crippen molar-refractivity contribution in [1.82, 2.24) is 10.2 Å². The van der Waals surface area contributed by atoms with Gasteiger partial charge in [-0.2, -0.15) is 0 Å². The van der Waals surface area contributed by atoms with Gasteiger partial charge in [-0.3, -0.25) is 13.9 Å². The van der Waals surface area contributed by atoms with Crippen molar-refractivity contribution in [2.24, 2.45) is 0 Å². The van der Waals surface area contributed by atoms with Gasteiger partial charge in [0.05, 0.1) is 10.6 Å². The smallest absolute Gasteiger partial charge is 0.264 e. The van der Waals surface area contributed by atoms with Crippen LogP contribution in [0.5, 0.6) is 0 Å². The number of hydrogen-bond acceptors (Lipinski definition) is 4. The molecule has 7 nitrogen and oxygen atoms in total. The van der Waals surface area contributed by atoms with Crippen LogP contribution < -0.4 is 9.62 Å². The van der Waals surface area contributed by atoms with Crippen LogP contribution in [0.2, 0.25) is 0 Å². The topological polar surface area (TPSA) is 86.8 Å². The molecule has 0 aromatic heterocycles. The molecule has 4 aromatic rings. The van der Waals surface area contributed by atoms with Gasteiger partial charge in [0.2, 0.25) is 11.8 Å². The molecule has 44 heavy (non-hydrogen) atoms. The number of hydrogen-bond donors (Lipinski definition) is 1. The Hall–Kier alpha value is -4.43. The third-order valence-electron chi connectivity index (χ3n) is 7.42. The molecule has 1 atom stereocenters. The average molecular weight is 612 g/mol. The first kappa shape index (κ1) is 32.5. The fraction of sp³-hybridized carbons (Fsp3) is 0.278. The highest BCUT2D eigenvalue weighted by atomic mass is 32.2. The Morgan fingerprint density at radius 1 is 0.750 bits per heavy atom. The van der Waals surface area contributed by atoms with Crippen LogP contribution in [0.4, 0.5) is 5.69 Å². The van der Waals surface area contributed by atoms with Gasteiger partial charge in [-0.1, -0.05) is 90.5 Å². The van der Waals surface area contributed by atoms with E-state index in [4.69, 9.17) is 0 Å². The fourth-order valence-electron chi connectivity index (χ4n) is 5.05. The summed E-state index contributed by atoms with van der Waals surface area (Å²) in [6, 6.07) is 30.1. The maximum Gasteiger partial charge on any atom is 0.264 e. The number of nitrogens with zero attached hydrogens (tertiary/aromatic N) is 2. The van der Waals surface area contributed by atoms with Gasteiger partial charge in [0, 0.05) is 19.0 Å². The number of carbonyl (C=O) groups is 2. The molecule has 1 N–H and O–H groups in total. The predicted molar refractivity (Wildman–Crippen MR) is 176 cm³/mol. The van der Waals surface area contributed by atoms with Gasteiger partial charge in [-0.15, -0.1) is 0 Å². The van der Waals surface area contributed by atoms with Crippen molar-refractivity contribution in [3.63, 3.8) is 0 Å². The average Bonchev–Trinajstić information content (AvgIpc) is 2.99. The molecule has 0 saturated carbocycles. The lowest BCUT2D eigenvalue weighted by molar-refractivity contribution is -0.140. The molecule has 8 heteroatoms. The van der Waals surface area contributed by atoms with Crippen molar-refractivity contribution in [2.75, 3.05) is 10.8 Å². The van der Waals surface area contributed by atoms with Crippen LogP contribution >= 0.6 is 0 Å². The maximum absolute atomic E-state index is 14.5. The van der Waals surface area contributed by atoms with Crippen molar-refractivity contribution in [2.45, 2.75) is 64.6 Å². The number of anilines is 1. The summed E-state index contributed by atoms with van der Waals surface area (Å²) >= 11 is 0. The molecule has 0 fully saturated rings. The fourth-order valence-corrected chi connectivity index (χ4v) is 6.52. The summed E-state index contributed by atoms with van der Waals surface area (Å²) in [5.74, 6) is -0.780. The van der Waals surface area contributed by atoms with Crippen molar-refractivity contribution in [3.8, 4) is 0 Å². The van der Waals surface area contributed by atoms with Crippen molar-refractivity contribution >= 4 is 27.5 Å². The Kier molecular flexibility index (Phi) is 10.6. The minimum absolute atomic E-state index is 0.0878. The van der Waals surface area contributed by atoms with Crippen LogP contribution in [0.1, 0.15) is 41.7 Å². The molecular weight excluding hydrogens is 570 g/mol. The molecule has 0 heterocycles. The van der Waals surface area contributed by atoms with Crippen LogP contribution in [0.15, 0.2) is 108 Å². The molecule has 0 saturated heterocycles. The van der Waals surface area contributed by atoms with Crippen molar-refractivity contribution < 1.29 is 18.0 Å². The number of benzene rings is 4. The molecule has 230 valence electrons. The lowest BCUT2D eigenvalue weighted by Crippen LogP contribution is -2.54. The Bertz CT molecular complexity index is 1670. The van der Waals surface area contributed by atoms with E-state index in [-0.39, 0.29) is 29.8 Å². The standard InChI is InChI=1S/C36H41N3O4S/c1-26(2)37-36(41)34(23-30-12-8-6-9-13-30)38(24-31-14-10-7-11-15-31)35(40)25-39(33-22-28(4)16-19-29(33)5)44(42,43)32-20-17-27(3)18-21-32/h6-22,26,34H,23-25H2,1-5H3,(H,37,41)/t34-/m1/s1. The van der Waals surface area contributed by atoms with E-state index >= 15 is 0 Å². The monoisotopic (exact) mass is 611 g/mol. The Labute approximate surface area is 261 Å². The van der Waals surface area contributed by atoms with E-state index < -0.39 is 28.5 Å². The predicted octanol–water partition coefficient (Wildman–Crippen LogP) is 5.97. The highest BCUT2D eigenvalue weighted by Crippen LogP contribution is 2.29. The first-order valence-electron chi connectivity index (χ1n) is 14.8. The molecule has 4 aromatic carbocycles. The summed E-state index contributed by atoms with van der Waals surface area (Å²) < 4.78 is 29.7. The Morgan fingerprint density at radius 3 is 1.91 bits per heavy atom. The van der Waals surface area contributed by atoms with Gasteiger partial charge in [0.15, 0.2) is 0 Å². The first-order valence-corrected chi connectivity index (χ1v) is 16.2. The Morgan fingerprint density at radius 2 is 1.32 bits per heavy atom. The van der Waals surface area contributed by atoms with Crippen LogP contribution in [-0.4, -0.2) is 43.8 Å². The van der Waals surface area contributed by atoms with Gasteiger partial charge >= 0.3 is 0 Å². The zero-order chi connectivity index (χ0) is 31.9. The number of nitrogens with one attached hydrogen (secondary N) is 1. The van der Waals surface area contributed by atoms with E-state index in [9.17, 15) is 18.0 Å². The number of carbonyl (C=O) groups excluding carboxylic acids is 2. The van der Waals surface area contributed by atoms with Gasteiger partial charge in [-0.25, -0.2) is 8.42 Å². The van der Waals surface area contributed by atoms with E-state index in [0.29, 0.717) is 11.3 Å². The summed E-state index contributed by atoms with van der Waals surface area (Å²) in [4.78, 5) is 29.9. The summed E-state index contributed by atoms with van der Waals surface area (Å²) in [5.41, 5.74) is 4.64. The molecule has 2 amide bonds. The van der Waals surface area contributed by atoms with E-state index in [2.05, 4.69) is 5.32 Å². The maximum atomic E-state index is 14.5. The summed E-state index contributed by atoms with van der Waals surface area (Å²) in [7, 11) is -4.15. The second-order valence-corrected chi connectivity index (χ2v) is 13.4. The second kappa shape index (κ2) is 14.4. The molecule has 0 bridgehead atoms. The minimum atomic E-state index is -4.15. The first-order chi connectivity index (χ1) is 21.0. The van der Waals surface area contributed by atoms with Crippen LogP contribution in [0, 0.1) is 20.8 Å². The Balaban J connectivity index is 1.82. The molecule has 0 unspecified atom stereocenters. The quantitative estimate of drug-likeness (QED) is 0.214. The van der Waals surface area contributed by atoms with Crippen LogP contribution in [0.3, 0.4) is 0 Å². The molecule has 4 rings (SSSR count). The summed E-state index contributed by atoms with van der Waals surface area (Å²) in [5, 5.41) is 2.98. The summed E-state index contributed by atoms with van der Waals surface area (Å²) in [6.07, 6.45) is 0.270. The lowest BCUT2D eigenvalue weighted by Gasteiger charge is -2.34. The van der Waals surface area contributed by atoms with Gasteiger partial charge in [0.1, 0.15) is 12.6 Å². The number of sulfonamides is 1. The largest absolute Gasteiger partial charge is 0.352 e. The van der Waals surface area contributed by atoms with Gasteiger partial charge < -0.3 is 10.2 Å². The number of amides is 2. The molecule has 0 spiro atoms. The van der Waals surface area contributed by atoms with E-state index in [1.807, 2.05) is 107 Å². The SMILES string of the molecule is Cc1ccc(S(=O)(=O)N(CC(=O)N(Cc2ccccc2)[C@H](Cc2ccccc2)C(=O)NC(C)C)c2cc(C)ccc2C)cc1. The zero-order valence-electron chi connectivity index (χ0n) is 26.0. The van der Waals surface area contributed by atoms with Gasteiger partial charge in [0.25, 0.3) is 10.0 Å². The zero-order valence-corrected chi connectivity index (χ0v) is 26.8. The van der Waals surface area contributed by atoms with E-state index in [1.54, 1.807) is 30.3 Å². The number of rotatable bonds is 12. The summed E-state index contributed by atoms with van der Waals surface area (Å²) in [6.45, 7) is 9.00. The van der Waals surface area contributed by atoms with Crippen LogP contribution in [0.25, 0.3) is 0 Å². The van der Waals surface area contributed by atoms with Gasteiger partial charge in [-0.05, 0) is 75.1 Å². The molecular formula is C36H41N3O4S. The molecule has 0 aliphatic rings. The number of aryl methyl sites for hydroxylation is 3. The van der Waals surface area contributed by atoms with E-state index in [1.165, 1.54) is 9.21 Å². The molecule has 0 radical (unpaired) electrons. The van der Waals surface area contributed by atoms with E-state index in [0.717, 1.165) is 22.3 Å². The lowest BCUT2D eigenvalue weighted by atomic mass is 10.0. The highest BCUT2D eigenvalue weighted by molar-refractivity contribution is 7.92. The minimum Gasteiger partial charge on any atom is -0.352 e. The van der Waals surface area contributed by atoms with Crippen molar-refractivity contribution in [3.05, 3.63) is 131 Å². The third kappa shape index (κ3) is 8.14. The normalized spacial score (nSPS) is 12.0. The molecule has 0 aliphatic carbocycles. The second-order valence-electron chi connectivity index (χ2n) is 11.5.